The number of nitrogens with one attached hydrogen (secondary N) is 1. The van der Waals surface area contributed by atoms with E-state index in [4.69, 9.17) is 9.47 Å². The molecule has 2 rings (SSSR count). The molecule has 2 heterocycles. The predicted molar refractivity (Wildman–Crippen MR) is 50.8 cm³/mol. The highest BCUT2D eigenvalue weighted by Gasteiger charge is 2.38. The molecule has 76 valence electrons. The van der Waals surface area contributed by atoms with Crippen LogP contribution in [-0.4, -0.2) is 38.5 Å². The Morgan fingerprint density at radius 3 is 2.85 bits per heavy atom. The summed E-state index contributed by atoms with van der Waals surface area (Å²) in [6.07, 6.45) is 4.86. The van der Waals surface area contributed by atoms with Crippen LogP contribution in [0.2, 0.25) is 0 Å². The molecular weight excluding hydrogens is 166 g/mol. The molecule has 3 nitrogen and oxygen atoms in total. The largest absolute Gasteiger partial charge is 0.381 e. The van der Waals surface area contributed by atoms with Gasteiger partial charge in [-0.15, -0.1) is 0 Å². The monoisotopic (exact) mass is 185 g/mol. The summed E-state index contributed by atoms with van der Waals surface area (Å²) in [5, 5.41) is 3.37. The van der Waals surface area contributed by atoms with E-state index in [-0.39, 0.29) is 5.60 Å². The second-order valence-electron chi connectivity index (χ2n) is 4.13. The molecule has 0 radical (unpaired) electrons. The van der Waals surface area contributed by atoms with Gasteiger partial charge in [0.1, 0.15) is 0 Å². The first-order chi connectivity index (χ1) is 6.35. The van der Waals surface area contributed by atoms with Gasteiger partial charge in [-0.2, -0.15) is 0 Å². The molecule has 0 saturated carbocycles. The van der Waals surface area contributed by atoms with Gasteiger partial charge in [0.2, 0.25) is 0 Å². The van der Waals surface area contributed by atoms with Gasteiger partial charge < -0.3 is 14.8 Å². The Morgan fingerprint density at radius 1 is 1.38 bits per heavy atom. The normalized spacial score (nSPS) is 33.5. The molecule has 1 N–H and O–H groups in total. The van der Waals surface area contributed by atoms with Crippen LogP contribution in [0.15, 0.2) is 0 Å². The molecule has 2 saturated heterocycles. The van der Waals surface area contributed by atoms with E-state index in [1.807, 2.05) is 7.11 Å². The topological polar surface area (TPSA) is 30.5 Å². The highest BCUT2D eigenvalue weighted by atomic mass is 16.5. The minimum Gasteiger partial charge on any atom is -0.381 e. The van der Waals surface area contributed by atoms with Crippen molar-refractivity contribution in [3.8, 4) is 0 Å². The fourth-order valence-electron chi connectivity index (χ4n) is 2.41. The molecule has 0 aromatic heterocycles. The average Bonchev–Trinajstić information content (AvgIpc) is 2.19. The van der Waals surface area contributed by atoms with Crippen molar-refractivity contribution in [2.45, 2.75) is 37.4 Å². The van der Waals surface area contributed by atoms with Crippen LogP contribution in [0, 0.1) is 0 Å². The first-order valence-electron chi connectivity index (χ1n) is 5.22. The standard InChI is InChI=1S/C10H19NO2/c1-12-9-2-7-13-10(8-9)3-5-11-6-4-10/h9,11H,2-8H2,1H3. The highest BCUT2D eigenvalue weighted by molar-refractivity contribution is 4.91. The Bertz CT molecular complexity index is 161. The molecule has 1 atom stereocenters. The number of hydrogen-bond donors (Lipinski definition) is 1. The lowest BCUT2D eigenvalue weighted by atomic mass is 9.84. The van der Waals surface area contributed by atoms with E-state index in [1.165, 1.54) is 0 Å². The van der Waals surface area contributed by atoms with E-state index < -0.39 is 0 Å². The zero-order chi connectivity index (χ0) is 9.15. The molecule has 0 aromatic carbocycles. The van der Waals surface area contributed by atoms with Crippen LogP contribution in [0.1, 0.15) is 25.7 Å². The molecule has 1 unspecified atom stereocenters. The molecule has 2 aliphatic rings. The smallest absolute Gasteiger partial charge is 0.0731 e. The lowest BCUT2D eigenvalue weighted by Gasteiger charge is -2.43. The van der Waals surface area contributed by atoms with E-state index in [0.717, 1.165) is 45.4 Å². The molecule has 1 spiro atoms. The van der Waals surface area contributed by atoms with Gasteiger partial charge in [0.15, 0.2) is 0 Å². The highest BCUT2D eigenvalue weighted by Crippen LogP contribution is 2.33. The van der Waals surface area contributed by atoms with Gasteiger partial charge in [0, 0.05) is 20.1 Å². The third-order valence-electron chi connectivity index (χ3n) is 3.30. The predicted octanol–water partition coefficient (Wildman–Crippen LogP) is 0.934. The summed E-state index contributed by atoms with van der Waals surface area (Å²) < 4.78 is 11.3. The Balaban J connectivity index is 1.95. The zero-order valence-electron chi connectivity index (χ0n) is 8.34. The number of rotatable bonds is 1. The van der Waals surface area contributed by atoms with Crippen LogP contribution >= 0.6 is 0 Å². The molecule has 0 bridgehead atoms. The Labute approximate surface area is 79.8 Å². The summed E-state index contributed by atoms with van der Waals surface area (Å²) in [5.74, 6) is 0. The minimum atomic E-state index is 0.143. The van der Waals surface area contributed by atoms with E-state index in [2.05, 4.69) is 5.32 Å². The van der Waals surface area contributed by atoms with E-state index >= 15 is 0 Å². The Hall–Kier alpha value is -0.120. The van der Waals surface area contributed by atoms with Gasteiger partial charge in [-0.25, -0.2) is 0 Å². The van der Waals surface area contributed by atoms with Gasteiger partial charge in [0.25, 0.3) is 0 Å². The quantitative estimate of drug-likeness (QED) is 0.659. The van der Waals surface area contributed by atoms with Crippen LogP contribution in [0.5, 0.6) is 0 Å². The van der Waals surface area contributed by atoms with Crippen LogP contribution in [0.4, 0.5) is 0 Å². The third kappa shape index (κ3) is 2.03. The molecule has 2 aliphatic heterocycles. The molecule has 0 aromatic rings. The summed E-state index contributed by atoms with van der Waals surface area (Å²) in [6, 6.07) is 0. The maximum Gasteiger partial charge on any atom is 0.0731 e. The van der Waals surface area contributed by atoms with Crippen molar-refractivity contribution in [3.63, 3.8) is 0 Å². The second-order valence-corrected chi connectivity index (χ2v) is 4.13. The molecule has 0 amide bonds. The van der Waals surface area contributed by atoms with Crippen molar-refractivity contribution in [2.75, 3.05) is 26.8 Å². The molecule has 0 aliphatic carbocycles. The van der Waals surface area contributed by atoms with Crippen molar-refractivity contribution in [1.82, 2.24) is 5.32 Å². The maximum absolute atomic E-state index is 5.92. The lowest BCUT2D eigenvalue weighted by molar-refractivity contribution is -0.138. The fourth-order valence-corrected chi connectivity index (χ4v) is 2.41. The SMILES string of the molecule is COC1CCOC2(CCNCC2)C1. The van der Waals surface area contributed by atoms with Gasteiger partial charge in [-0.3, -0.25) is 0 Å². The Kier molecular flexibility index (Phi) is 2.86. The van der Waals surface area contributed by atoms with Crippen LogP contribution in [-0.2, 0) is 9.47 Å². The molecule has 3 heteroatoms. The summed E-state index contributed by atoms with van der Waals surface area (Å²) >= 11 is 0. The van der Waals surface area contributed by atoms with Crippen molar-refractivity contribution in [1.29, 1.82) is 0 Å². The Morgan fingerprint density at radius 2 is 2.15 bits per heavy atom. The van der Waals surface area contributed by atoms with Crippen molar-refractivity contribution >= 4 is 0 Å². The first-order valence-corrected chi connectivity index (χ1v) is 5.22. The molecular formula is C10H19NO2. The van der Waals surface area contributed by atoms with Crippen LogP contribution in [0.25, 0.3) is 0 Å². The van der Waals surface area contributed by atoms with Gasteiger partial charge in [0.05, 0.1) is 11.7 Å². The third-order valence-corrected chi connectivity index (χ3v) is 3.30. The van der Waals surface area contributed by atoms with Crippen LogP contribution < -0.4 is 5.32 Å². The number of ether oxygens (including phenoxy) is 2. The second kappa shape index (κ2) is 3.95. The van der Waals surface area contributed by atoms with Crippen molar-refractivity contribution in [3.05, 3.63) is 0 Å². The van der Waals surface area contributed by atoms with E-state index in [0.29, 0.717) is 6.10 Å². The molecule has 2 fully saturated rings. The number of hydrogen-bond acceptors (Lipinski definition) is 3. The lowest BCUT2D eigenvalue weighted by Crippen LogP contribution is -2.49. The maximum atomic E-state index is 5.92. The van der Waals surface area contributed by atoms with Gasteiger partial charge in [-0.1, -0.05) is 0 Å². The summed E-state index contributed by atoms with van der Waals surface area (Å²) in [5.41, 5.74) is 0.143. The average molecular weight is 185 g/mol. The zero-order valence-corrected chi connectivity index (χ0v) is 8.34. The summed E-state index contributed by atoms with van der Waals surface area (Å²) in [7, 11) is 1.81. The molecule has 13 heavy (non-hydrogen) atoms. The minimum absolute atomic E-state index is 0.143. The fraction of sp³-hybridized carbons (Fsp3) is 1.00. The van der Waals surface area contributed by atoms with E-state index in [1.54, 1.807) is 0 Å². The first kappa shape index (κ1) is 9.44. The van der Waals surface area contributed by atoms with E-state index in [9.17, 15) is 0 Å². The van der Waals surface area contributed by atoms with Crippen molar-refractivity contribution < 1.29 is 9.47 Å². The summed E-state index contributed by atoms with van der Waals surface area (Å²) in [4.78, 5) is 0. The number of methoxy groups -OCH3 is 1. The van der Waals surface area contributed by atoms with Crippen molar-refractivity contribution in [2.24, 2.45) is 0 Å². The van der Waals surface area contributed by atoms with Crippen LogP contribution in [0.3, 0.4) is 0 Å². The van der Waals surface area contributed by atoms with Gasteiger partial charge in [-0.05, 0) is 32.4 Å². The number of piperidine rings is 1. The summed E-state index contributed by atoms with van der Waals surface area (Å²) in [6.45, 7) is 3.06. The van der Waals surface area contributed by atoms with Gasteiger partial charge >= 0.3 is 0 Å².